The Morgan fingerprint density at radius 1 is 0.920 bits per heavy atom. The van der Waals surface area contributed by atoms with Crippen LogP contribution in [-0.4, -0.2) is 6.54 Å². The number of hydrogen-bond acceptors (Lipinski definition) is 2. The van der Waals surface area contributed by atoms with Gasteiger partial charge in [-0.05, 0) is 41.5 Å². The number of allylic oxidation sites excluding steroid dienone is 1. The minimum Gasteiger partial charge on any atom is -0.489 e. The normalized spacial score (nSPS) is 11.8. The lowest BCUT2D eigenvalue weighted by Gasteiger charge is -2.15. The van der Waals surface area contributed by atoms with Gasteiger partial charge in [0.15, 0.2) is 0 Å². The molecule has 0 aliphatic rings. The van der Waals surface area contributed by atoms with Crippen LogP contribution in [0.1, 0.15) is 44.7 Å². The van der Waals surface area contributed by atoms with E-state index >= 15 is 0 Å². The predicted octanol–water partition coefficient (Wildman–Crippen LogP) is 5.74. The Bertz CT molecular complexity index is 641. The van der Waals surface area contributed by atoms with E-state index < -0.39 is 0 Å². The molecule has 0 heterocycles. The van der Waals surface area contributed by atoms with Crippen LogP contribution in [0, 0.1) is 5.41 Å². The lowest BCUT2D eigenvalue weighted by atomic mass is 9.90. The molecule has 0 aliphatic carbocycles. The van der Waals surface area contributed by atoms with Crippen molar-refractivity contribution in [1.82, 2.24) is 5.32 Å². The molecule has 2 aromatic carbocycles. The summed E-state index contributed by atoms with van der Waals surface area (Å²) in [4.78, 5) is 0. The van der Waals surface area contributed by atoms with Gasteiger partial charge in [-0.25, -0.2) is 0 Å². The van der Waals surface area contributed by atoms with Crippen molar-refractivity contribution in [2.24, 2.45) is 5.41 Å². The molecule has 0 saturated heterocycles. The molecule has 0 radical (unpaired) electrons. The van der Waals surface area contributed by atoms with Gasteiger partial charge >= 0.3 is 0 Å². The monoisotopic (exact) mass is 337 g/mol. The fraction of sp³-hybridized carbons (Fsp3) is 0.391. The molecule has 2 heteroatoms. The van der Waals surface area contributed by atoms with Crippen LogP contribution in [0.2, 0.25) is 0 Å². The van der Waals surface area contributed by atoms with Crippen LogP contribution < -0.4 is 10.1 Å². The number of benzene rings is 2. The summed E-state index contributed by atoms with van der Waals surface area (Å²) in [6.07, 6.45) is 6.87. The molecule has 0 saturated carbocycles. The molecule has 0 amide bonds. The zero-order chi connectivity index (χ0) is 18.0. The maximum atomic E-state index is 5.88. The zero-order valence-corrected chi connectivity index (χ0v) is 15.8. The third-order valence-corrected chi connectivity index (χ3v) is 3.97. The minimum atomic E-state index is 0.415. The summed E-state index contributed by atoms with van der Waals surface area (Å²) in [6, 6.07) is 18.6. The summed E-state index contributed by atoms with van der Waals surface area (Å²) >= 11 is 0. The Kier molecular flexibility index (Phi) is 7.75. The Morgan fingerprint density at radius 2 is 1.68 bits per heavy atom. The van der Waals surface area contributed by atoms with Crippen LogP contribution in [0.25, 0.3) is 0 Å². The van der Waals surface area contributed by atoms with Gasteiger partial charge in [0.25, 0.3) is 0 Å². The van der Waals surface area contributed by atoms with Gasteiger partial charge in [-0.3, -0.25) is 0 Å². The molecule has 25 heavy (non-hydrogen) atoms. The Labute approximate surface area is 152 Å². The smallest absolute Gasteiger partial charge is 0.120 e. The average molecular weight is 338 g/mol. The summed E-state index contributed by atoms with van der Waals surface area (Å²) in [5.41, 5.74) is 2.85. The van der Waals surface area contributed by atoms with Gasteiger partial charge in [-0.2, -0.15) is 0 Å². The van der Waals surface area contributed by atoms with E-state index in [2.05, 4.69) is 68.6 Å². The van der Waals surface area contributed by atoms with Gasteiger partial charge in [-0.1, -0.05) is 75.4 Å². The molecule has 0 fully saturated rings. The average Bonchev–Trinajstić information content (AvgIpc) is 2.59. The molecular formula is C23H31NO. The quantitative estimate of drug-likeness (QED) is 0.465. The summed E-state index contributed by atoms with van der Waals surface area (Å²) in [5.74, 6) is 0.920. The van der Waals surface area contributed by atoms with Gasteiger partial charge in [0.2, 0.25) is 0 Å². The summed E-state index contributed by atoms with van der Waals surface area (Å²) in [5, 5.41) is 3.46. The largest absolute Gasteiger partial charge is 0.489 e. The molecular weight excluding hydrogens is 306 g/mol. The summed E-state index contributed by atoms with van der Waals surface area (Å²) in [6.45, 7) is 9.21. The number of hydrogen-bond donors (Lipinski definition) is 1. The van der Waals surface area contributed by atoms with E-state index in [1.807, 2.05) is 24.3 Å². The fourth-order valence-corrected chi connectivity index (χ4v) is 2.50. The van der Waals surface area contributed by atoms with E-state index in [1.54, 1.807) is 0 Å². The lowest BCUT2D eigenvalue weighted by Crippen LogP contribution is -2.13. The van der Waals surface area contributed by atoms with Gasteiger partial charge in [0.05, 0.1) is 0 Å². The summed E-state index contributed by atoms with van der Waals surface area (Å²) in [7, 11) is 0. The van der Waals surface area contributed by atoms with E-state index in [0.29, 0.717) is 12.0 Å². The highest BCUT2D eigenvalue weighted by atomic mass is 16.5. The number of nitrogens with one attached hydrogen (secondary N) is 1. The first kappa shape index (κ1) is 19.3. The first-order valence-electron chi connectivity index (χ1n) is 9.14. The Balaban J connectivity index is 1.69. The molecule has 134 valence electrons. The van der Waals surface area contributed by atoms with Crippen molar-refractivity contribution in [2.45, 2.75) is 46.8 Å². The topological polar surface area (TPSA) is 21.3 Å². The maximum Gasteiger partial charge on any atom is 0.120 e. The van der Waals surface area contributed by atoms with Crippen molar-refractivity contribution < 1.29 is 4.74 Å². The molecule has 2 aromatic rings. The molecule has 0 aliphatic heterocycles. The third kappa shape index (κ3) is 8.55. The van der Waals surface area contributed by atoms with Crippen molar-refractivity contribution >= 4 is 0 Å². The van der Waals surface area contributed by atoms with E-state index in [-0.39, 0.29) is 0 Å². The van der Waals surface area contributed by atoms with Crippen molar-refractivity contribution in [2.75, 3.05) is 6.54 Å². The first-order chi connectivity index (χ1) is 12.0. The molecule has 0 unspecified atom stereocenters. The van der Waals surface area contributed by atoms with Crippen LogP contribution >= 0.6 is 0 Å². The van der Waals surface area contributed by atoms with Gasteiger partial charge < -0.3 is 10.1 Å². The van der Waals surface area contributed by atoms with Crippen LogP contribution in [-0.2, 0) is 13.2 Å². The van der Waals surface area contributed by atoms with Crippen molar-refractivity contribution in [1.29, 1.82) is 0 Å². The highest BCUT2D eigenvalue weighted by Gasteiger charge is 2.07. The van der Waals surface area contributed by atoms with E-state index in [0.717, 1.165) is 25.3 Å². The number of rotatable bonds is 9. The predicted molar refractivity (Wildman–Crippen MR) is 107 cm³/mol. The van der Waals surface area contributed by atoms with Crippen molar-refractivity contribution in [3.8, 4) is 5.75 Å². The lowest BCUT2D eigenvalue weighted by molar-refractivity contribution is 0.306. The van der Waals surface area contributed by atoms with Crippen molar-refractivity contribution in [3.63, 3.8) is 0 Å². The highest BCUT2D eigenvalue weighted by molar-refractivity contribution is 5.29. The van der Waals surface area contributed by atoms with E-state index in [9.17, 15) is 0 Å². The van der Waals surface area contributed by atoms with Gasteiger partial charge in [-0.15, -0.1) is 0 Å². The Morgan fingerprint density at radius 3 is 2.44 bits per heavy atom. The Hall–Kier alpha value is -2.06. The summed E-state index contributed by atoms with van der Waals surface area (Å²) < 4.78 is 5.88. The maximum absolute atomic E-state index is 5.88. The SMILES string of the molecule is CC(C)(C)CCC=CCNCc1cccc(OCc2ccccc2)c1. The molecule has 2 nitrogen and oxygen atoms in total. The molecule has 0 atom stereocenters. The van der Waals surface area contributed by atoms with E-state index in [1.165, 1.54) is 17.5 Å². The highest BCUT2D eigenvalue weighted by Crippen LogP contribution is 2.20. The third-order valence-electron chi connectivity index (χ3n) is 3.97. The molecule has 0 bridgehead atoms. The number of ether oxygens (including phenoxy) is 1. The molecule has 2 rings (SSSR count). The molecule has 1 N–H and O–H groups in total. The van der Waals surface area contributed by atoms with Crippen LogP contribution in [0.3, 0.4) is 0 Å². The first-order valence-corrected chi connectivity index (χ1v) is 9.14. The van der Waals surface area contributed by atoms with Crippen LogP contribution in [0.15, 0.2) is 66.7 Å². The van der Waals surface area contributed by atoms with Gasteiger partial charge in [0, 0.05) is 13.1 Å². The van der Waals surface area contributed by atoms with Crippen LogP contribution in [0.5, 0.6) is 5.75 Å². The molecule has 0 spiro atoms. The zero-order valence-electron chi connectivity index (χ0n) is 15.8. The second-order valence-electron chi connectivity index (χ2n) is 7.62. The molecule has 0 aromatic heterocycles. The minimum absolute atomic E-state index is 0.415. The second-order valence-corrected chi connectivity index (χ2v) is 7.62. The second kappa shape index (κ2) is 10.0. The standard InChI is InChI=1S/C23H31NO/c1-23(2,3)15-8-5-9-16-24-18-21-13-10-14-22(17-21)25-19-20-11-6-4-7-12-20/h4-7,9-14,17,24H,8,15-16,18-19H2,1-3H3. The van der Waals surface area contributed by atoms with Crippen molar-refractivity contribution in [3.05, 3.63) is 77.9 Å². The van der Waals surface area contributed by atoms with E-state index in [4.69, 9.17) is 4.74 Å². The van der Waals surface area contributed by atoms with Crippen LogP contribution in [0.4, 0.5) is 0 Å². The van der Waals surface area contributed by atoms with Gasteiger partial charge in [0.1, 0.15) is 12.4 Å². The fourth-order valence-electron chi connectivity index (χ4n) is 2.50.